The van der Waals surface area contributed by atoms with Gasteiger partial charge in [-0.05, 0) is 59.7 Å². The van der Waals surface area contributed by atoms with Crippen LogP contribution in [-0.2, 0) is 4.79 Å². The second-order valence-electron chi connectivity index (χ2n) is 7.54. The third-order valence-electron chi connectivity index (χ3n) is 3.74. The molecule has 0 fully saturated rings. The average Bonchev–Trinajstić information content (AvgIpc) is 2.51. The summed E-state index contributed by atoms with van der Waals surface area (Å²) in [5.74, 6) is 0.620. The highest BCUT2D eigenvalue weighted by Crippen LogP contribution is 2.22. The molecule has 2 aromatic carbocycles. The number of aryl methyl sites for hydroxylation is 1. The number of carbonyl (C=O) groups is 1. The van der Waals surface area contributed by atoms with E-state index in [9.17, 15) is 9.90 Å². The van der Waals surface area contributed by atoms with Crippen molar-refractivity contribution in [2.24, 2.45) is 5.41 Å². The Morgan fingerprint density at radius 2 is 1.68 bits per heavy atom. The van der Waals surface area contributed by atoms with Crippen molar-refractivity contribution in [3.05, 3.63) is 59.2 Å². The fourth-order valence-electron chi connectivity index (χ4n) is 2.39. The molecule has 25 heavy (non-hydrogen) atoms. The Morgan fingerprint density at radius 1 is 1.04 bits per heavy atom. The van der Waals surface area contributed by atoms with Crippen molar-refractivity contribution in [2.45, 2.75) is 40.5 Å². The number of phenols is 1. The van der Waals surface area contributed by atoms with Crippen molar-refractivity contribution >= 4 is 18.1 Å². The molecule has 0 atom stereocenters. The van der Waals surface area contributed by atoms with Gasteiger partial charge in [-0.15, -0.1) is 0 Å². The van der Waals surface area contributed by atoms with Gasteiger partial charge in [0.25, 0.3) is 0 Å². The number of phenolic OH excluding ortho intramolecular Hbond substituents is 1. The van der Waals surface area contributed by atoms with Crippen LogP contribution >= 0.6 is 0 Å². The first-order valence-corrected chi connectivity index (χ1v) is 8.51. The van der Waals surface area contributed by atoms with E-state index in [0.717, 1.165) is 23.1 Å². The lowest BCUT2D eigenvalue weighted by atomic mass is 9.91. The molecule has 2 rings (SSSR count). The minimum atomic E-state index is -0.201. The second kappa shape index (κ2) is 8.02. The molecule has 0 amide bonds. The molecule has 0 aliphatic heterocycles. The van der Waals surface area contributed by atoms with E-state index >= 15 is 0 Å². The summed E-state index contributed by atoms with van der Waals surface area (Å²) in [4.78, 5) is 11.9. The second-order valence-corrected chi connectivity index (χ2v) is 7.54. The van der Waals surface area contributed by atoms with E-state index in [4.69, 9.17) is 4.74 Å². The largest absolute Gasteiger partial charge is 0.508 e. The summed E-state index contributed by atoms with van der Waals surface area (Å²) >= 11 is 0. The fourth-order valence-corrected chi connectivity index (χ4v) is 2.39. The Balaban J connectivity index is 1.95. The molecular weight excluding hydrogens is 312 g/mol. The van der Waals surface area contributed by atoms with E-state index in [-0.39, 0.29) is 17.1 Å². The molecule has 0 spiro atoms. The smallest absolute Gasteiger partial charge is 0.311 e. The van der Waals surface area contributed by atoms with Gasteiger partial charge in [-0.3, -0.25) is 4.79 Å². The molecule has 0 saturated heterocycles. The van der Waals surface area contributed by atoms with Crippen LogP contribution in [-0.4, -0.2) is 11.1 Å². The summed E-state index contributed by atoms with van der Waals surface area (Å²) in [6, 6.07) is 12.8. The molecule has 3 nitrogen and oxygen atoms in total. The van der Waals surface area contributed by atoms with E-state index in [1.54, 1.807) is 24.3 Å². The van der Waals surface area contributed by atoms with Crippen LogP contribution in [0.25, 0.3) is 12.2 Å². The summed E-state index contributed by atoms with van der Waals surface area (Å²) in [6.07, 6.45) is 5.12. The lowest BCUT2D eigenvalue weighted by Crippen LogP contribution is -2.13. The third kappa shape index (κ3) is 6.84. The number of benzene rings is 2. The molecule has 0 saturated carbocycles. The standard InChI is InChI=1S/C22H26O3/c1-16-13-18(15-19(23)14-16)6-5-17-7-9-20(10-8-17)25-21(24)11-12-22(2,3)4/h5-10,13-15,23H,11-12H2,1-4H3/b6-5+. The number of rotatable bonds is 5. The molecule has 0 aliphatic rings. The molecule has 3 heteroatoms. The van der Waals surface area contributed by atoms with Gasteiger partial charge in [0, 0.05) is 6.42 Å². The Labute approximate surface area is 150 Å². The first-order chi connectivity index (χ1) is 11.7. The van der Waals surface area contributed by atoms with E-state index in [1.165, 1.54) is 0 Å². The molecule has 1 N–H and O–H groups in total. The maximum Gasteiger partial charge on any atom is 0.311 e. The number of ether oxygens (including phenoxy) is 1. The van der Waals surface area contributed by atoms with E-state index in [1.807, 2.05) is 37.3 Å². The van der Waals surface area contributed by atoms with Crippen LogP contribution in [0.15, 0.2) is 42.5 Å². The number of hydrogen-bond acceptors (Lipinski definition) is 3. The molecule has 0 unspecified atom stereocenters. The quantitative estimate of drug-likeness (QED) is 0.438. The topological polar surface area (TPSA) is 46.5 Å². The van der Waals surface area contributed by atoms with Crippen LogP contribution < -0.4 is 4.74 Å². The lowest BCUT2D eigenvalue weighted by Gasteiger charge is -2.16. The van der Waals surface area contributed by atoms with Gasteiger partial charge in [0.05, 0.1) is 0 Å². The molecule has 132 valence electrons. The summed E-state index contributed by atoms with van der Waals surface area (Å²) in [5, 5.41) is 9.62. The molecular formula is C22H26O3. The maximum absolute atomic E-state index is 11.9. The van der Waals surface area contributed by atoms with Crippen molar-refractivity contribution in [1.29, 1.82) is 0 Å². The number of hydrogen-bond donors (Lipinski definition) is 1. The molecule has 0 aliphatic carbocycles. The minimum absolute atomic E-state index is 0.123. The van der Waals surface area contributed by atoms with Crippen LogP contribution in [0.1, 0.15) is 50.3 Å². The predicted octanol–water partition coefficient (Wildman–Crippen LogP) is 5.60. The third-order valence-corrected chi connectivity index (χ3v) is 3.74. The maximum atomic E-state index is 11.9. The highest BCUT2D eigenvalue weighted by molar-refractivity contribution is 5.73. The summed E-state index contributed by atoms with van der Waals surface area (Å²) in [7, 11) is 0. The van der Waals surface area contributed by atoms with Gasteiger partial charge < -0.3 is 9.84 Å². The SMILES string of the molecule is Cc1cc(O)cc(/C=C/c2ccc(OC(=O)CCC(C)(C)C)cc2)c1. The molecule has 0 radical (unpaired) electrons. The van der Waals surface area contributed by atoms with Gasteiger partial charge in [0.2, 0.25) is 0 Å². The average molecular weight is 338 g/mol. The highest BCUT2D eigenvalue weighted by atomic mass is 16.5. The normalized spacial score (nSPS) is 11.7. The number of aromatic hydroxyl groups is 1. The summed E-state index contributed by atoms with van der Waals surface area (Å²) in [6.45, 7) is 8.26. The van der Waals surface area contributed by atoms with Crippen molar-refractivity contribution < 1.29 is 14.6 Å². The Morgan fingerprint density at radius 3 is 2.28 bits per heavy atom. The zero-order valence-corrected chi connectivity index (χ0v) is 15.4. The van der Waals surface area contributed by atoms with Gasteiger partial charge in [-0.1, -0.05) is 51.1 Å². The Bertz CT molecular complexity index is 730. The molecule has 0 heterocycles. The van der Waals surface area contributed by atoms with E-state index in [2.05, 4.69) is 20.8 Å². The van der Waals surface area contributed by atoms with Crippen LogP contribution in [0.4, 0.5) is 0 Å². The molecule has 0 bridgehead atoms. The summed E-state index contributed by atoms with van der Waals surface area (Å²) in [5.41, 5.74) is 3.07. The fraction of sp³-hybridized carbons (Fsp3) is 0.318. The van der Waals surface area contributed by atoms with Crippen LogP contribution in [0.5, 0.6) is 11.5 Å². The molecule has 0 aromatic heterocycles. The Hall–Kier alpha value is -2.55. The van der Waals surface area contributed by atoms with Gasteiger partial charge in [0.1, 0.15) is 11.5 Å². The minimum Gasteiger partial charge on any atom is -0.508 e. The first kappa shape index (κ1) is 18.8. The number of carbonyl (C=O) groups excluding carboxylic acids is 1. The van der Waals surface area contributed by atoms with Gasteiger partial charge in [-0.2, -0.15) is 0 Å². The van der Waals surface area contributed by atoms with Crippen LogP contribution in [0.2, 0.25) is 0 Å². The van der Waals surface area contributed by atoms with Gasteiger partial charge in [0.15, 0.2) is 0 Å². The lowest BCUT2D eigenvalue weighted by molar-refractivity contribution is -0.134. The van der Waals surface area contributed by atoms with Crippen LogP contribution in [0.3, 0.4) is 0 Å². The van der Waals surface area contributed by atoms with Crippen LogP contribution in [0, 0.1) is 12.3 Å². The van der Waals surface area contributed by atoms with Gasteiger partial charge >= 0.3 is 5.97 Å². The van der Waals surface area contributed by atoms with Crippen molar-refractivity contribution in [3.8, 4) is 11.5 Å². The zero-order chi connectivity index (χ0) is 18.4. The highest BCUT2D eigenvalue weighted by Gasteiger charge is 2.14. The Kier molecular flexibility index (Phi) is 6.02. The van der Waals surface area contributed by atoms with Crippen molar-refractivity contribution in [3.63, 3.8) is 0 Å². The zero-order valence-electron chi connectivity index (χ0n) is 15.4. The summed E-state index contributed by atoms with van der Waals surface area (Å²) < 4.78 is 5.36. The number of esters is 1. The van der Waals surface area contributed by atoms with Gasteiger partial charge in [-0.25, -0.2) is 0 Å². The van der Waals surface area contributed by atoms with E-state index < -0.39 is 0 Å². The predicted molar refractivity (Wildman–Crippen MR) is 103 cm³/mol. The van der Waals surface area contributed by atoms with Crippen molar-refractivity contribution in [1.82, 2.24) is 0 Å². The first-order valence-electron chi connectivity index (χ1n) is 8.51. The molecule has 2 aromatic rings. The monoisotopic (exact) mass is 338 g/mol. The van der Waals surface area contributed by atoms with E-state index in [0.29, 0.717) is 12.2 Å². The van der Waals surface area contributed by atoms with Crippen molar-refractivity contribution in [2.75, 3.05) is 0 Å².